The van der Waals surface area contributed by atoms with Crippen molar-refractivity contribution in [3.63, 3.8) is 0 Å². The standard InChI is InChI=1S/C13H17N3O/c1-2-8-15(7-1)10-11-17-13-5-3-4-12-14-6-9-16(12)13/h3-6,9H,1-2,7-8,10-11H2. The van der Waals surface area contributed by atoms with Gasteiger partial charge in [0.05, 0.1) is 0 Å². The number of likely N-dealkylation sites (tertiary alicyclic amines) is 1. The Balaban J connectivity index is 1.62. The number of pyridine rings is 1. The molecule has 0 bridgehead atoms. The molecule has 4 nitrogen and oxygen atoms in total. The second-order valence-corrected chi connectivity index (χ2v) is 4.42. The first-order chi connectivity index (χ1) is 8.43. The Morgan fingerprint density at radius 1 is 1.24 bits per heavy atom. The molecule has 0 unspecified atom stereocenters. The molecular weight excluding hydrogens is 214 g/mol. The molecule has 0 saturated carbocycles. The number of rotatable bonds is 4. The highest BCUT2D eigenvalue weighted by Gasteiger charge is 2.11. The van der Waals surface area contributed by atoms with E-state index in [1.54, 1.807) is 6.20 Å². The molecule has 0 atom stereocenters. The maximum atomic E-state index is 5.82. The van der Waals surface area contributed by atoms with Crippen LogP contribution in [-0.4, -0.2) is 40.5 Å². The van der Waals surface area contributed by atoms with E-state index in [-0.39, 0.29) is 0 Å². The van der Waals surface area contributed by atoms with Crippen molar-refractivity contribution in [3.05, 3.63) is 30.6 Å². The number of nitrogens with zero attached hydrogens (tertiary/aromatic N) is 3. The summed E-state index contributed by atoms with van der Waals surface area (Å²) >= 11 is 0. The van der Waals surface area contributed by atoms with Crippen LogP contribution < -0.4 is 4.74 Å². The Morgan fingerprint density at radius 3 is 3.00 bits per heavy atom. The van der Waals surface area contributed by atoms with Gasteiger partial charge in [0.1, 0.15) is 12.3 Å². The van der Waals surface area contributed by atoms with Crippen molar-refractivity contribution < 1.29 is 4.74 Å². The van der Waals surface area contributed by atoms with Gasteiger partial charge in [0, 0.05) is 18.9 Å². The molecule has 1 fully saturated rings. The average molecular weight is 231 g/mol. The highest BCUT2D eigenvalue weighted by Crippen LogP contribution is 2.13. The predicted molar refractivity (Wildman–Crippen MR) is 66.4 cm³/mol. The molecule has 2 aromatic rings. The molecule has 3 heterocycles. The predicted octanol–water partition coefficient (Wildman–Crippen LogP) is 1.81. The zero-order chi connectivity index (χ0) is 11.5. The molecule has 1 aliphatic rings. The molecule has 2 aromatic heterocycles. The third-order valence-electron chi connectivity index (χ3n) is 3.25. The summed E-state index contributed by atoms with van der Waals surface area (Å²) in [6.45, 7) is 4.21. The van der Waals surface area contributed by atoms with Crippen LogP contribution in [-0.2, 0) is 0 Å². The molecule has 0 aromatic carbocycles. The van der Waals surface area contributed by atoms with Gasteiger partial charge in [-0.1, -0.05) is 6.07 Å². The third-order valence-corrected chi connectivity index (χ3v) is 3.25. The number of imidazole rings is 1. The first-order valence-electron chi connectivity index (χ1n) is 6.21. The van der Waals surface area contributed by atoms with E-state index in [4.69, 9.17) is 4.74 Å². The Hall–Kier alpha value is -1.55. The Kier molecular flexibility index (Phi) is 2.96. The summed E-state index contributed by atoms with van der Waals surface area (Å²) < 4.78 is 7.80. The number of hydrogen-bond donors (Lipinski definition) is 0. The molecule has 1 saturated heterocycles. The lowest BCUT2D eigenvalue weighted by Crippen LogP contribution is -2.25. The molecule has 4 heteroatoms. The highest BCUT2D eigenvalue weighted by atomic mass is 16.5. The van der Waals surface area contributed by atoms with Crippen molar-refractivity contribution in [2.75, 3.05) is 26.2 Å². The zero-order valence-corrected chi connectivity index (χ0v) is 9.88. The summed E-state index contributed by atoms with van der Waals surface area (Å²) in [6.07, 6.45) is 6.39. The fourth-order valence-electron chi connectivity index (χ4n) is 2.32. The van der Waals surface area contributed by atoms with Gasteiger partial charge in [0.2, 0.25) is 0 Å². The van der Waals surface area contributed by atoms with Crippen LogP contribution >= 0.6 is 0 Å². The minimum Gasteiger partial charge on any atom is -0.477 e. The minimum absolute atomic E-state index is 0.747. The van der Waals surface area contributed by atoms with Crippen molar-refractivity contribution in [2.24, 2.45) is 0 Å². The largest absolute Gasteiger partial charge is 0.477 e. The minimum atomic E-state index is 0.747. The van der Waals surface area contributed by atoms with E-state index >= 15 is 0 Å². The van der Waals surface area contributed by atoms with Crippen molar-refractivity contribution in [1.29, 1.82) is 0 Å². The second kappa shape index (κ2) is 4.75. The van der Waals surface area contributed by atoms with Crippen LogP contribution in [0.1, 0.15) is 12.8 Å². The summed E-state index contributed by atoms with van der Waals surface area (Å²) in [5, 5.41) is 0. The van der Waals surface area contributed by atoms with Gasteiger partial charge in [0.25, 0.3) is 0 Å². The maximum absolute atomic E-state index is 5.82. The van der Waals surface area contributed by atoms with Gasteiger partial charge < -0.3 is 4.74 Å². The molecular formula is C13H17N3O. The van der Waals surface area contributed by atoms with Gasteiger partial charge in [-0.2, -0.15) is 0 Å². The van der Waals surface area contributed by atoms with Crippen LogP contribution in [0.3, 0.4) is 0 Å². The van der Waals surface area contributed by atoms with E-state index in [0.29, 0.717) is 0 Å². The molecule has 17 heavy (non-hydrogen) atoms. The van der Waals surface area contributed by atoms with Crippen LogP contribution in [0.5, 0.6) is 5.88 Å². The Labute approximate surface area is 101 Å². The normalized spacial score (nSPS) is 16.7. The van der Waals surface area contributed by atoms with E-state index in [1.807, 2.05) is 28.8 Å². The summed E-state index contributed by atoms with van der Waals surface area (Å²) in [4.78, 5) is 6.69. The molecule has 3 rings (SSSR count). The lowest BCUT2D eigenvalue weighted by molar-refractivity contribution is 0.230. The van der Waals surface area contributed by atoms with Crippen LogP contribution in [0.15, 0.2) is 30.6 Å². The summed E-state index contributed by atoms with van der Waals surface area (Å²) in [6, 6.07) is 5.94. The lowest BCUT2D eigenvalue weighted by atomic mass is 10.4. The van der Waals surface area contributed by atoms with E-state index in [0.717, 1.165) is 24.7 Å². The van der Waals surface area contributed by atoms with Crippen LogP contribution in [0, 0.1) is 0 Å². The first-order valence-corrected chi connectivity index (χ1v) is 6.21. The molecule has 0 amide bonds. The average Bonchev–Trinajstić information content (AvgIpc) is 2.99. The van der Waals surface area contributed by atoms with Crippen molar-refractivity contribution in [1.82, 2.24) is 14.3 Å². The number of aromatic nitrogens is 2. The van der Waals surface area contributed by atoms with Crippen LogP contribution in [0.4, 0.5) is 0 Å². The van der Waals surface area contributed by atoms with Crippen molar-refractivity contribution in [2.45, 2.75) is 12.8 Å². The fourth-order valence-corrected chi connectivity index (χ4v) is 2.32. The third kappa shape index (κ3) is 2.26. The smallest absolute Gasteiger partial charge is 0.199 e. The van der Waals surface area contributed by atoms with E-state index in [2.05, 4.69) is 9.88 Å². The van der Waals surface area contributed by atoms with Gasteiger partial charge in [0.15, 0.2) is 5.88 Å². The Bertz CT molecular complexity index is 488. The van der Waals surface area contributed by atoms with Gasteiger partial charge in [-0.15, -0.1) is 0 Å². The molecule has 0 spiro atoms. The quantitative estimate of drug-likeness (QED) is 0.803. The summed E-state index contributed by atoms with van der Waals surface area (Å²) in [5.41, 5.74) is 0.934. The van der Waals surface area contributed by atoms with E-state index < -0.39 is 0 Å². The molecule has 0 radical (unpaired) electrons. The molecule has 0 N–H and O–H groups in total. The van der Waals surface area contributed by atoms with Crippen LogP contribution in [0.25, 0.3) is 5.65 Å². The van der Waals surface area contributed by atoms with E-state index in [1.165, 1.54) is 25.9 Å². The number of ether oxygens (including phenoxy) is 1. The van der Waals surface area contributed by atoms with Gasteiger partial charge in [-0.3, -0.25) is 9.30 Å². The number of hydrogen-bond acceptors (Lipinski definition) is 3. The van der Waals surface area contributed by atoms with Gasteiger partial charge >= 0.3 is 0 Å². The monoisotopic (exact) mass is 231 g/mol. The first kappa shape index (κ1) is 10.6. The van der Waals surface area contributed by atoms with E-state index in [9.17, 15) is 0 Å². The van der Waals surface area contributed by atoms with Crippen LogP contribution in [0.2, 0.25) is 0 Å². The number of fused-ring (bicyclic) bond motifs is 1. The van der Waals surface area contributed by atoms with Gasteiger partial charge in [-0.05, 0) is 38.1 Å². The highest BCUT2D eigenvalue weighted by molar-refractivity contribution is 5.41. The fraction of sp³-hybridized carbons (Fsp3) is 0.462. The summed E-state index contributed by atoms with van der Waals surface area (Å²) in [7, 11) is 0. The van der Waals surface area contributed by atoms with Crippen molar-refractivity contribution >= 4 is 5.65 Å². The SMILES string of the molecule is c1cc(OCCN2CCCC2)n2ccnc2c1. The van der Waals surface area contributed by atoms with Crippen molar-refractivity contribution in [3.8, 4) is 5.88 Å². The Morgan fingerprint density at radius 2 is 2.12 bits per heavy atom. The maximum Gasteiger partial charge on any atom is 0.199 e. The topological polar surface area (TPSA) is 29.8 Å². The van der Waals surface area contributed by atoms with Gasteiger partial charge in [-0.25, -0.2) is 4.98 Å². The molecule has 0 aliphatic carbocycles. The molecule has 90 valence electrons. The zero-order valence-electron chi connectivity index (χ0n) is 9.88. The lowest BCUT2D eigenvalue weighted by Gasteiger charge is -2.15. The molecule has 1 aliphatic heterocycles. The second-order valence-electron chi connectivity index (χ2n) is 4.42. The summed E-state index contributed by atoms with van der Waals surface area (Å²) in [5.74, 6) is 0.874.